The molecule has 192 valence electrons. The molecule has 12 nitrogen and oxygen atoms in total. The lowest BCUT2D eigenvalue weighted by Gasteiger charge is -2.51. The molecule has 5 rings (SSSR count). The second-order valence-corrected chi connectivity index (χ2v) is 10.4. The first kappa shape index (κ1) is 24.6. The van der Waals surface area contributed by atoms with Crippen LogP contribution in [0, 0.1) is 21.4 Å². The molecule has 1 fully saturated rings. The normalized spacial score (nSPS) is 23.7. The predicted octanol–water partition coefficient (Wildman–Crippen LogP) is 2.36. The van der Waals surface area contributed by atoms with Gasteiger partial charge in [0.25, 0.3) is 5.69 Å². The van der Waals surface area contributed by atoms with E-state index in [9.17, 15) is 34.7 Å². The minimum atomic E-state index is -1.30. The van der Waals surface area contributed by atoms with Gasteiger partial charge in [0.15, 0.2) is 5.69 Å². The third kappa shape index (κ3) is 3.53. The molecule has 0 spiro atoms. The Kier molecular flexibility index (Phi) is 5.64. The van der Waals surface area contributed by atoms with Gasteiger partial charge < -0.3 is 19.8 Å². The molecule has 0 saturated carbocycles. The highest BCUT2D eigenvalue weighted by Gasteiger charge is 2.66. The Bertz CT molecular complexity index is 1500. The Morgan fingerprint density at radius 2 is 2.00 bits per heavy atom. The van der Waals surface area contributed by atoms with Crippen molar-refractivity contribution in [2.75, 3.05) is 7.11 Å². The summed E-state index contributed by atoms with van der Waals surface area (Å²) in [6.45, 7) is 3.32. The minimum Gasteiger partial charge on any atom is -0.477 e. The van der Waals surface area contributed by atoms with Crippen LogP contribution in [0.15, 0.2) is 42.5 Å². The number of fused-ring (bicyclic) bond motifs is 2. The summed E-state index contributed by atoms with van der Waals surface area (Å²) in [5, 5.41) is 31.8. The molecule has 0 unspecified atom stereocenters. The first-order valence-electron chi connectivity index (χ1n) is 11.3. The van der Waals surface area contributed by atoms with E-state index in [1.165, 1.54) is 37.4 Å². The van der Waals surface area contributed by atoms with Crippen molar-refractivity contribution >= 4 is 45.3 Å². The molecule has 1 saturated heterocycles. The van der Waals surface area contributed by atoms with Crippen LogP contribution in [-0.2, 0) is 20.7 Å². The number of nitro benzene ring substituents is 1. The number of nitro groups is 1. The number of ether oxygens (including phenoxy) is 1. The summed E-state index contributed by atoms with van der Waals surface area (Å²) in [6.07, 6.45) is 2.29. The zero-order chi connectivity index (χ0) is 26.8. The van der Waals surface area contributed by atoms with Gasteiger partial charge in [0.05, 0.1) is 35.0 Å². The maximum atomic E-state index is 13.1. The zero-order valence-electron chi connectivity index (χ0n) is 19.9. The van der Waals surface area contributed by atoms with Crippen LogP contribution in [0.2, 0.25) is 0 Å². The maximum absolute atomic E-state index is 13.1. The van der Waals surface area contributed by atoms with Gasteiger partial charge in [-0.25, -0.2) is 14.6 Å². The molecule has 3 aromatic rings. The van der Waals surface area contributed by atoms with E-state index in [1.807, 2.05) is 6.92 Å². The zero-order valence-corrected chi connectivity index (χ0v) is 20.8. The van der Waals surface area contributed by atoms with E-state index in [-0.39, 0.29) is 23.5 Å². The number of nitrogens with zero attached hydrogens (tertiary/aromatic N) is 4. The number of aliphatic hydroxyl groups is 1. The Morgan fingerprint density at radius 3 is 2.57 bits per heavy atom. The van der Waals surface area contributed by atoms with E-state index < -0.39 is 46.2 Å². The average Bonchev–Trinajstić information content (AvgIpc) is 3.47. The highest BCUT2D eigenvalue weighted by molar-refractivity contribution is 7.18. The Morgan fingerprint density at radius 1 is 1.32 bits per heavy atom. The summed E-state index contributed by atoms with van der Waals surface area (Å²) in [6, 6.07) is 5.28. The van der Waals surface area contributed by atoms with Gasteiger partial charge in [-0.3, -0.25) is 19.3 Å². The lowest BCUT2D eigenvalue weighted by molar-refractivity contribution is -0.384. The molecule has 4 heterocycles. The fourth-order valence-corrected chi connectivity index (χ4v) is 6.81. The van der Waals surface area contributed by atoms with Crippen LogP contribution in [0.5, 0.6) is 0 Å². The van der Waals surface area contributed by atoms with Gasteiger partial charge in [-0.1, -0.05) is 19.1 Å². The number of methoxy groups -OCH3 is 1. The third-order valence-electron chi connectivity index (χ3n) is 7.12. The summed E-state index contributed by atoms with van der Waals surface area (Å²) < 4.78 is 6.39. The van der Waals surface area contributed by atoms with E-state index in [1.54, 1.807) is 22.7 Å². The van der Waals surface area contributed by atoms with Crippen LogP contribution in [0.25, 0.3) is 10.4 Å². The largest absolute Gasteiger partial charge is 0.477 e. The molecule has 37 heavy (non-hydrogen) atoms. The van der Waals surface area contributed by atoms with Gasteiger partial charge in [0.1, 0.15) is 16.9 Å². The number of hydrogen-bond acceptors (Lipinski definition) is 9. The SMILES string of the molecule is COC(=O)c1ncn2cc(C3=C(C(=O)O)N4C(=O)[C@H]([C@@H](C)O)[C@@H]4[C@@]3(C)Cc3ccc([N+](=O)[O-])cc3)sc12. The van der Waals surface area contributed by atoms with Crippen molar-refractivity contribution < 1.29 is 34.3 Å². The van der Waals surface area contributed by atoms with Crippen molar-refractivity contribution in [3.8, 4) is 0 Å². The van der Waals surface area contributed by atoms with Crippen molar-refractivity contribution in [3.63, 3.8) is 0 Å². The molecule has 1 aromatic carbocycles. The number of carboxylic acids is 1. The molecule has 0 bridgehead atoms. The number of carboxylic acid groups (broad SMARTS) is 1. The number of esters is 1. The van der Waals surface area contributed by atoms with Crippen LogP contribution in [0.3, 0.4) is 0 Å². The quantitative estimate of drug-likeness (QED) is 0.203. The first-order valence-corrected chi connectivity index (χ1v) is 12.1. The minimum absolute atomic E-state index is 0.0764. The van der Waals surface area contributed by atoms with E-state index >= 15 is 0 Å². The summed E-state index contributed by atoms with van der Waals surface area (Å²) >= 11 is 1.14. The van der Waals surface area contributed by atoms with Gasteiger partial charge in [0, 0.05) is 29.3 Å². The summed E-state index contributed by atoms with van der Waals surface area (Å²) in [7, 11) is 1.23. The van der Waals surface area contributed by atoms with Crippen molar-refractivity contribution in [1.82, 2.24) is 14.3 Å². The molecular formula is C24H22N4O8S. The number of β-lactam (4-membered cyclic amide) rings is 1. The molecule has 13 heteroatoms. The number of aromatic nitrogens is 2. The molecule has 1 amide bonds. The summed E-state index contributed by atoms with van der Waals surface area (Å²) in [4.78, 5) is 54.7. The number of carbonyl (C=O) groups is 3. The molecule has 2 aliphatic heterocycles. The number of non-ortho nitro benzene ring substituents is 1. The van der Waals surface area contributed by atoms with Crippen LogP contribution >= 0.6 is 11.3 Å². The highest BCUT2D eigenvalue weighted by Crippen LogP contribution is 2.59. The molecule has 2 N–H and O–H groups in total. The Balaban J connectivity index is 1.69. The van der Waals surface area contributed by atoms with Crippen molar-refractivity contribution in [2.45, 2.75) is 32.4 Å². The summed E-state index contributed by atoms with van der Waals surface area (Å²) in [5.41, 5.74) is -0.103. The van der Waals surface area contributed by atoms with Gasteiger partial charge >= 0.3 is 11.9 Å². The van der Waals surface area contributed by atoms with E-state index in [0.717, 1.165) is 11.3 Å². The van der Waals surface area contributed by atoms with Gasteiger partial charge in [-0.05, 0) is 18.9 Å². The second-order valence-electron chi connectivity index (χ2n) is 9.36. The first-order chi connectivity index (χ1) is 17.5. The molecule has 4 atom stereocenters. The van der Waals surface area contributed by atoms with Crippen LogP contribution < -0.4 is 0 Å². The van der Waals surface area contributed by atoms with E-state index in [2.05, 4.69) is 4.98 Å². The van der Waals surface area contributed by atoms with E-state index in [0.29, 0.717) is 20.8 Å². The highest BCUT2D eigenvalue weighted by atomic mass is 32.1. The average molecular weight is 527 g/mol. The monoisotopic (exact) mass is 526 g/mol. The Labute approximate surface area is 213 Å². The molecule has 0 aliphatic carbocycles. The molecule has 2 aliphatic rings. The van der Waals surface area contributed by atoms with Crippen molar-refractivity contribution in [1.29, 1.82) is 0 Å². The fourth-order valence-electron chi connectivity index (χ4n) is 5.56. The Hall–Kier alpha value is -4.10. The standard InChI is InChI=1S/C24H22N4O8S/c1-11(29)15-19-24(2,8-12-4-6-13(7-5-12)28(34)35)16(18(22(31)32)27(19)20(15)30)14-9-26-10-25-17(21(26)37-14)23(33)36-3/h4-7,9-11,15,19,29H,8H2,1-3H3,(H,31,32)/t11-,15-,19-,24+/m1/s1. The number of benzene rings is 1. The van der Waals surface area contributed by atoms with Gasteiger partial charge in [-0.15, -0.1) is 11.3 Å². The van der Waals surface area contributed by atoms with Crippen LogP contribution in [0.1, 0.15) is 34.8 Å². The van der Waals surface area contributed by atoms with E-state index in [4.69, 9.17) is 4.74 Å². The van der Waals surface area contributed by atoms with Crippen molar-refractivity contribution in [3.05, 3.63) is 68.7 Å². The lowest BCUT2D eigenvalue weighted by atomic mass is 9.64. The number of rotatable bonds is 7. The second kappa shape index (κ2) is 8.49. The smallest absolute Gasteiger partial charge is 0.359 e. The summed E-state index contributed by atoms with van der Waals surface area (Å²) in [5.74, 6) is -3.25. The lowest BCUT2D eigenvalue weighted by Crippen LogP contribution is -2.66. The molecule has 2 aromatic heterocycles. The number of thiazole rings is 1. The van der Waals surface area contributed by atoms with Crippen LogP contribution in [-0.4, -0.2) is 66.5 Å². The molecular weight excluding hydrogens is 504 g/mol. The number of aliphatic carboxylic acids is 1. The number of imidazole rings is 1. The number of carbonyl (C=O) groups excluding carboxylic acids is 2. The topological polar surface area (TPSA) is 165 Å². The number of hydrogen-bond donors (Lipinski definition) is 2. The van der Waals surface area contributed by atoms with Crippen LogP contribution in [0.4, 0.5) is 5.69 Å². The predicted molar refractivity (Wildman–Crippen MR) is 130 cm³/mol. The molecule has 0 radical (unpaired) electrons. The van der Waals surface area contributed by atoms with Gasteiger partial charge in [0.2, 0.25) is 5.91 Å². The number of amides is 1. The third-order valence-corrected chi connectivity index (χ3v) is 8.25. The fraction of sp³-hybridized carbons (Fsp3) is 0.333. The maximum Gasteiger partial charge on any atom is 0.359 e. The number of aliphatic hydroxyl groups excluding tert-OH is 1. The van der Waals surface area contributed by atoms with Gasteiger partial charge in [-0.2, -0.15) is 0 Å². The van der Waals surface area contributed by atoms with Crippen molar-refractivity contribution in [2.24, 2.45) is 11.3 Å².